The van der Waals surface area contributed by atoms with Crippen molar-refractivity contribution in [2.24, 2.45) is 5.73 Å². The van der Waals surface area contributed by atoms with E-state index >= 15 is 0 Å². The van der Waals surface area contributed by atoms with Crippen LogP contribution in [0, 0.1) is 11.3 Å². The molecule has 0 saturated heterocycles. The summed E-state index contributed by atoms with van der Waals surface area (Å²) in [4.78, 5) is 0. The Hall–Kier alpha value is -0.890. The molecule has 1 atom stereocenters. The zero-order valence-corrected chi connectivity index (χ0v) is 11.9. The van der Waals surface area contributed by atoms with Crippen LogP contribution in [0.5, 0.6) is 5.75 Å². The first-order valence-electron chi connectivity index (χ1n) is 5.75. The van der Waals surface area contributed by atoms with E-state index in [1.165, 1.54) is 0 Å². The molecule has 100 valence electrons. The second kappa shape index (κ2) is 10.1. The Labute approximate surface area is 120 Å². The van der Waals surface area contributed by atoms with Gasteiger partial charge in [-0.1, -0.05) is 0 Å². The van der Waals surface area contributed by atoms with Gasteiger partial charge in [-0.05, 0) is 43.5 Å². The van der Waals surface area contributed by atoms with E-state index in [2.05, 4.69) is 18.7 Å². The molecular weight excluding hydrogens is 268 g/mol. The van der Waals surface area contributed by atoms with E-state index in [-0.39, 0.29) is 18.4 Å². The minimum Gasteiger partial charge on any atom is -0.494 e. The summed E-state index contributed by atoms with van der Waals surface area (Å²) < 4.78 is 5.55. The minimum atomic E-state index is 0. The molecule has 0 aliphatic heterocycles. The fourth-order valence-electron chi connectivity index (χ4n) is 1.42. The van der Waals surface area contributed by atoms with Gasteiger partial charge in [0.05, 0.1) is 18.2 Å². The molecule has 1 aromatic carbocycles. The predicted molar refractivity (Wildman–Crippen MR) is 79.6 cm³/mol. The van der Waals surface area contributed by atoms with Crippen molar-refractivity contribution in [3.63, 3.8) is 0 Å². The summed E-state index contributed by atoms with van der Waals surface area (Å²) in [6, 6.07) is 9.41. The highest BCUT2D eigenvalue weighted by molar-refractivity contribution is 7.80. The van der Waals surface area contributed by atoms with Gasteiger partial charge in [0.1, 0.15) is 5.75 Å². The van der Waals surface area contributed by atoms with Crippen molar-refractivity contribution in [3.8, 4) is 11.8 Å². The molecule has 1 aromatic rings. The maximum Gasteiger partial charge on any atom is 0.119 e. The average molecular weight is 287 g/mol. The first kappa shape index (κ1) is 17.1. The quantitative estimate of drug-likeness (QED) is 0.598. The first-order chi connectivity index (χ1) is 8.26. The van der Waals surface area contributed by atoms with Crippen molar-refractivity contribution in [2.45, 2.75) is 25.3 Å². The molecule has 0 saturated carbocycles. The third kappa shape index (κ3) is 6.75. The molecule has 0 bridgehead atoms. The maximum atomic E-state index is 8.64. The lowest BCUT2D eigenvalue weighted by molar-refractivity contribution is 0.304. The van der Waals surface area contributed by atoms with Gasteiger partial charge in [-0.25, -0.2) is 0 Å². The van der Waals surface area contributed by atoms with Crippen molar-refractivity contribution in [2.75, 3.05) is 12.4 Å². The maximum absolute atomic E-state index is 8.64. The summed E-state index contributed by atoms with van der Waals surface area (Å²) in [5.74, 6) is 1.54. The van der Waals surface area contributed by atoms with E-state index in [9.17, 15) is 0 Å². The van der Waals surface area contributed by atoms with Crippen LogP contribution in [-0.2, 0) is 0 Å². The fourth-order valence-corrected chi connectivity index (χ4v) is 1.60. The van der Waals surface area contributed by atoms with Crippen LogP contribution in [0.4, 0.5) is 0 Å². The summed E-state index contributed by atoms with van der Waals surface area (Å²) in [7, 11) is 0. The Morgan fingerprint density at radius 2 is 1.94 bits per heavy atom. The van der Waals surface area contributed by atoms with Crippen molar-refractivity contribution in [1.29, 1.82) is 5.26 Å². The summed E-state index contributed by atoms with van der Waals surface area (Å²) in [5, 5.41) is 8.64. The number of rotatable bonds is 7. The number of hydrogen-bond donors (Lipinski definition) is 2. The highest BCUT2D eigenvalue weighted by Crippen LogP contribution is 2.12. The fraction of sp³-hybridized carbons (Fsp3) is 0.462. The molecule has 0 aliphatic rings. The average Bonchev–Trinajstić information content (AvgIpc) is 2.38. The van der Waals surface area contributed by atoms with E-state index < -0.39 is 0 Å². The lowest BCUT2D eigenvalue weighted by Crippen LogP contribution is -2.21. The number of ether oxygens (including phenoxy) is 1. The zero-order chi connectivity index (χ0) is 12.5. The topological polar surface area (TPSA) is 59.0 Å². The van der Waals surface area contributed by atoms with Gasteiger partial charge < -0.3 is 10.5 Å². The van der Waals surface area contributed by atoms with Crippen LogP contribution in [0.15, 0.2) is 24.3 Å². The molecule has 0 radical (unpaired) electrons. The van der Waals surface area contributed by atoms with E-state index in [0.29, 0.717) is 12.2 Å². The molecule has 2 N–H and O–H groups in total. The number of thiol groups is 1. The minimum absolute atomic E-state index is 0. The molecule has 0 fully saturated rings. The van der Waals surface area contributed by atoms with E-state index in [1.54, 1.807) is 12.1 Å². The molecule has 0 aliphatic carbocycles. The third-order valence-electron chi connectivity index (χ3n) is 2.46. The lowest BCUT2D eigenvalue weighted by Gasteiger charge is -2.08. The number of benzene rings is 1. The molecule has 1 rings (SSSR count). The van der Waals surface area contributed by atoms with Crippen LogP contribution in [0.3, 0.4) is 0 Å². The highest BCUT2D eigenvalue weighted by atomic mass is 35.5. The van der Waals surface area contributed by atoms with Gasteiger partial charge in [-0.3, -0.25) is 0 Å². The van der Waals surface area contributed by atoms with Gasteiger partial charge in [0.15, 0.2) is 0 Å². The summed E-state index contributed by atoms with van der Waals surface area (Å²) >= 11 is 4.13. The Kier molecular flexibility index (Phi) is 9.57. The normalized spacial score (nSPS) is 11.2. The largest absolute Gasteiger partial charge is 0.494 e. The van der Waals surface area contributed by atoms with E-state index in [0.717, 1.165) is 30.8 Å². The van der Waals surface area contributed by atoms with Crippen molar-refractivity contribution < 1.29 is 4.74 Å². The predicted octanol–water partition coefficient (Wildman–Crippen LogP) is 2.79. The molecule has 3 nitrogen and oxygen atoms in total. The number of unbranched alkanes of at least 4 members (excludes halogenated alkanes) is 1. The second-order valence-electron chi connectivity index (χ2n) is 3.92. The number of nitrogens with two attached hydrogens (primary N) is 1. The summed E-state index contributed by atoms with van der Waals surface area (Å²) in [6.07, 6.45) is 3.03. The summed E-state index contributed by atoms with van der Waals surface area (Å²) in [6.45, 7) is 0.686. The third-order valence-corrected chi connectivity index (χ3v) is 2.92. The van der Waals surface area contributed by atoms with Crippen LogP contribution in [0.1, 0.15) is 24.8 Å². The lowest BCUT2D eigenvalue weighted by atomic mass is 10.1. The molecule has 0 heterocycles. The van der Waals surface area contributed by atoms with Gasteiger partial charge in [-0.2, -0.15) is 17.9 Å². The van der Waals surface area contributed by atoms with Crippen LogP contribution in [-0.4, -0.2) is 18.4 Å². The number of halogens is 1. The second-order valence-corrected chi connectivity index (χ2v) is 4.29. The van der Waals surface area contributed by atoms with Gasteiger partial charge in [0, 0.05) is 11.8 Å². The Bertz CT molecular complexity index is 364. The van der Waals surface area contributed by atoms with Crippen LogP contribution < -0.4 is 10.5 Å². The number of nitriles is 1. The smallest absolute Gasteiger partial charge is 0.119 e. The van der Waals surface area contributed by atoms with Gasteiger partial charge in [0.25, 0.3) is 0 Å². The van der Waals surface area contributed by atoms with Crippen LogP contribution >= 0.6 is 25.0 Å². The molecule has 5 heteroatoms. The molecule has 0 amide bonds. The highest BCUT2D eigenvalue weighted by Gasteiger charge is 1.99. The van der Waals surface area contributed by atoms with Gasteiger partial charge in [0.2, 0.25) is 0 Å². The number of hydrogen-bond acceptors (Lipinski definition) is 4. The monoisotopic (exact) mass is 286 g/mol. The van der Waals surface area contributed by atoms with E-state index in [4.69, 9.17) is 15.7 Å². The Balaban J connectivity index is 0.00000289. The molecule has 1 unspecified atom stereocenters. The Morgan fingerprint density at radius 3 is 2.50 bits per heavy atom. The first-order valence-corrected chi connectivity index (χ1v) is 6.39. The molecule has 0 aromatic heterocycles. The van der Waals surface area contributed by atoms with Crippen LogP contribution in [0.25, 0.3) is 0 Å². The molecular formula is C13H19ClN2OS. The van der Waals surface area contributed by atoms with E-state index in [1.807, 2.05) is 12.1 Å². The van der Waals surface area contributed by atoms with Crippen LogP contribution in [0.2, 0.25) is 0 Å². The summed E-state index contributed by atoms with van der Waals surface area (Å²) in [5.41, 5.74) is 6.40. The zero-order valence-electron chi connectivity index (χ0n) is 10.2. The molecule has 0 spiro atoms. The van der Waals surface area contributed by atoms with Gasteiger partial charge >= 0.3 is 0 Å². The van der Waals surface area contributed by atoms with Crippen molar-refractivity contribution in [1.82, 2.24) is 0 Å². The number of nitrogens with zero attached hydrogens (tertiary/aromatic N) is 1. The SMILES string of the molecule is Cl.N#Cc1ccc(OCCCCC(N)CS)cc1. The van der Waals surface area contributed by atoms with Crippen molar-refractivity contribution in [3.05, 3.63) is 29.8 Å². The molecule has 18 heavy (non-hydrogen) atoms. The Morgan fingerprint density at radius 1 is 1.28 bits per heavy atom. The standard InChI is InChI=1S/C13H18N2OS.ClH/c14-9-11-4-6-13(7-5-11)16-8-2-1-3-12(15)10-17;/h4-7,12,17H,1-3,8,10,15H2;1H. The van der Waals surface area contributed by atoms with Gasteiger partial charge in [-0.15, -0.1) is 12.4 Å². The van der Waals surface area contributed by atoms with Crippen molar-refractivity contribution >= 4 is 25.0 Å².